The lowest BCUT2D eigenvalue weighted by atomic mass is 10.0. The van der Waals surface area contributed by atoms with E-state index in [4.69, 9.17) is 4.42 Å². The summed E-state index contributed by atoms with van der Waals surface area (Å²) in [5.41, 5.74) is 0.294. The van der Waals surface area contributed by atoms with Crippen molar-refractivity contribution < 1.29 is 23.1 Å². The molecule has 0 saturated carbocycles. The van der Waals surface area contributed by atoms with Gasteiger partial charge in [0.1, 0.15) is 16.7 Å². The van der Waals surface area contributed by atoms with Crippen LogP contribution < -0.4 is 10.7 Å². The molecule has 0 amide bonds. The molecule has 2 N–H and O–H groups in total. The van der Waals surface area contributed by atoms with E-state index in [-0.39, 0.29) is 22.5 Å². The van der Waals surface area contributed by atoms with Gasteiger partial charge in [0.25, 0.3) is 0 Å². The number of carboxylic acid groups (broad SMARTS) is 1. The Hall–Kier alpha value is -4.00. The number of nitrogens with one attached hydrogen (secondary N) is 1. The maximum atomic E-state index is 14.5. The van der Waals surface area contributed by atoms with Crippen LogP contribution in [0.25, 0.3) is 22.3 Å². The second-order valence-corrected chi connectivity index (χ2v) is 7.02. The van der Waals surface area contributed by atoms with Gasteiger partial charge in [-0.05, 0) is 25.1 Å². The number of fused-ring (bicyclic) bond motifs is 1. The Balaban J connectivity index is 1.89. The van der Waals surface area contributed by atoms with E-state index in [0.29, 0.717) is 11.3 Å². The van der Waals surface area contributed by atoms with Gasteiger partial charge in [-0.1, -0.05) is 42.5 Å². The number of carboxylic acids is 1. The van der Waals surface area contributed by atoms with Crippen molar-refractivity contribution in [1.82, 2.24) is 0 Å². The molecule has 31 heavy (non-hydrogen) atoms. The summed E-state index contributed by atoms with van der Waals surface area (Å²) >= 11 is 0. The molecule has 4 rings (SSSR count). The number of rotatable bonds is 5. The number of carbonyl (C=O) groups is 1. The SMILES string of the molecule is C[C@@H](Nc1ccccc1C(=O)O)c1cc(F)c(F)c2c(=O)cc(-c3ccccc3)oc12. The minimum atomic E-state index is -1.29. The van der Waals surface area contributed by atoms with Crippen molar-refractivity contribution in [2.45, 2.75) is 13.0 Å². The summed E-state index contributed by atoms with van der Waals surface area (Å²) in [6.45, 7) is 1.64. The lowest BCUT2D eigenvalue weighted by molar-refractivity contribution is 0.0698. The third-order valence-electron chi connectivity index (χ3n) is 4.98. The molecule has 0 fully saturated rings. The summed E-state index contributed by atoms with van der Waals surface area (Å²) < 4.78 is 34.7. The molecular formula is C24H17F2NO4. The van der Waals surface area contributed by atoms with Crippen LogP contribution in [0.5, 0.6) is 0 Å². The molecular weight excluding hydrogens is 404 g/mol. The number of hydrogen-bond acceptors (Lipinski definition) is 4. The predicted octanol–water partition coefficient (Wildman–Crippen LogP) is 5.61. The summed E-state index contributed by atoms with van der Waals surface area (Å²) in [5.74, 6) is -3.40. The molecule has 1 heterocycles. The summed E-state index contributed by atoms with van der Waals surface area (Å²) in [6.07, 6.45) is 0. The quantitative estimate of drug-likeness (QED) is 0.438. The van der Waals surface area contributed by atoms with Gasteiger partial charge in [-0.15, -0.1) is 0 Å². The zero-order chi connectivity index (χ0) is 22.1. The van der Waals surface area contributed by atoms with Crippen molar-refractivity contribution in [3.8, 4) is 11.3 Å². The van der Waals surface area contributed by atoms with Crippen LogP contribution in [0.3, 0.4) is 0 Å². The highest BCUT2D eigenvalue weighted by atomic mass is 19.2. The largest absolute Gasteiger partial charge is 0.478 e. The normalized spacial score (nSPS) is 12.0. The third kappa shape index (κ3) is 3.77. The van der Waals surface area contributed by atoms with E-state index in [9.17, 15) is 23.5 Å². The first-order valence-electron chi connectivity index (χ1n) is 9.47. The number of anilines is 1. The van der Waals surface area contributed by atoms with Gasteiger partial charge < -0.3 is 14.8 Å². The van der Waals surface area contributed by atoms with E-state index >= 15 is 0 Å². The fraction of sp³-hybridized carbons (Fsp3) is 0.0833. The Morgan fingerprint density at radius 1 is 1.03 bits per heavy atom. The minimum Gasteiger partial charge on any atom is -0.478 e. The second-order valence-electron chi connectivity index (χ2n) is 7.02. The zero-order valence-electron chi connectivity index (χ0n) is 16.4. The molecule has 0 radical (unpaired) electrons. The molecule has 0 aliphatic rings. The van der Waals surface area contributed by atoms with Crippen molar-refractivity contribution >= 4 is 22.6 Å². The highest BCUT2D eigenvalue weighted by Gasteiger charge is 2.22. The Morgan fingerprint density at radius 3 is 2.42 bits per heavy atom. The fourth-order valence-electron chi connectivity index (χ4n) is 3.46. The average molecular weight is 421 g/mol. The molecule has 156 valence electrons. The van der Waals surface area contributed by atoms with Crippen LogP contribution in [-0.2, 0) is 0 Å². The predicted molar refractivity (Wildman–Crippen MR) is 113 cm³/mol. The first kappa shape index (κ1) is 20.3. The fourth-order valence-corrected chi connectivity index (χ4v) is 3.46. The van der Waals surface area contributed by atoms with Crippen LogP contribution in [0.15, 0.2) is 75.9 Å². The molecule has 4 aromatic rings. The second kappa shape index (κ2) is 8.02. The van der Waals surface area contributed by atoms with Crippen LogP contribution in [0.2, 0.25) is 0 Å². The van der Waals surface area contributed by atoms with Crippen molar-refractivity contribution in [2.24, 2.45) is 0 Å². The summed E-state index contributed by atoms with van der Waals surface area (Å²) in [4.78, 5) is 24.1. The maximum absolute atomic E-state index is 14.5. The lowest BCUT2D eigenvalue weighted by Crippen LogP contribution is -2.14. The van der Waals surface area contributed by atoms with E-state index in [0.717, 1.165) is 12.1 Å². The molecule has 1 atom stereocenters. The first-order valence-corrected chi connectivity index (χ1v) is 9.47. The van der Waals surface area contributed by atoms with Crippen LogP contribution in [0, 0.1) is 11.6 Å². The van der Waals surface area contributed by atoms with Crippen molar-refractivity contribution in [3.05, 3.63) is 99.7 Å². The van der Waals surface area contributed by atoms with Crippen LogP contribution in [0.4, 0.5) is 14.5 Å². The highest BCUT2D eigenvalue weighted by molar-refractivity contribution is 5.94. The zero-order valence-corrected chi connectivity index (χ0v) is 16.4. The molecule has 0 aliphatic carbocycles. The van der Waals surface area contributed by atoms with E-state index in [1.54, 1.807) is 55.5 Å². The highest BCUT2D eigenvalue weighted by Crippen LogP contribution is 2.32. The molecule has 5 nitrogen and oxygen atoms in total. The summed E-state index contributed by atoms with van der Waals surface area (Å²) in [7, 11) is 0. The van der Waals surface area contributed by atoms with E-state index in [2.05, 4.69) is 5.32 Å². The number of halogens is 2. The van der Waals surface area contributed by atoms with Crippen LogP contribution in [-0.4, -0.2) is 11.1 Å². The maximum Gasteiger partial charge on any atom is 0.337 e. The van der Waals surface area contributed by atoms with Gasteiger partial charge in [0.2, 0.25) is 0 Å². The van der Waals surface area contributed by atoms with E-state index in [1.807, 2.05) is 0 Å². The Labute approximate surface area is 175 Å². The van der Waals surface area contributed by atoms with Crippen molar-refractivity contribution in [2.75, 3.05) is 5.32 Å². The van der Waals surface area contributed by atoms with Gasteiger partial charge in [0.05, 0.1) is 11.6 Å². The van der Waals surface area contributed by atoms with Crippen LogP contribution >= 0.6 is 0 Å². The monoisotopic (exact) mass is 421 g/mol. The van der Waals surface area contributed by atoms with Gasteiger partial charge in [-0.3, -0.25) is 4.79 Å². The molecule has 0 spiro atoms. The smallest absolute Gasteiger partial charge is 0.337 e. The molecule has 3 aromatic carbocycles. The number of benzene rings is 3. The lowest BCUT2D eigenvalue weighted by Gasteiger charge is -2.19. The molecule has 0 bridgehead atoms. The van der Waals surface area contributed by atoms with E-state index in [1.165, 1.54) is 6.07 Å². The average Bonchev–Trinajstić information content (AvgIpc) is 2.76. The third-order valence-corrected chi connectivity index (χ3v) is 4.98. The molecule has 7 heteroatoms. The summed E-state index contributed by atoms with van der Waals surface area (Å²) in [5, 5.41) is 11.9. The number of aromatic carboxylic acids is 1. The van der Waals surface area contributed by atoms with E-state index < -0.39 is 34.5 Å². The number of hydrogen-bond donors (Lipinski definition) is 2. The topological polar surface area (TPSA) is 79.5 Å². The van der Waals surface area contributed by atoms with Crippen molar-refractivity contribution in [1.29, 1.82) is 0 Å². The van der Waals surface area contributed by atoms with Gasteiger partial charge in [-0.25, -0.2) is 13.6 Å². The van der Waals surface area contributed by atoms with Gasteiger partial charge in [0, 0.05) is 22.9 Å². The van der Waals surface area contributed by atoms with Crippen molar-refractivity contribution in [3.63, 3.8) is 0 Å². The minimum absolute atomic E-state index is 0.0210. The Morgan fingerprint density at radius 2 is 1.71 bits per heavy atom. The van der Waals surface area contributed by atoms with Gasteiger partial charge in [0.15, 0.2) is 17.1 Å². The summed E-state index contributed by atoms with van der Waals surface area (Å²) in [6, 6.07) is 16.4. The Kier molecular flexibility index (Phi) is 5.25. The van der Waals surface area contributed by atoms with Gasteiger partial charge >= 0.3 is 5.97 Å². The molecule has 0 aliphatic heterocycles. The molecule has 0 unspecified atom stereocenters. The molecule has 1 aromatic heterocycles. The van der Waals surface area contributed by atoms with Crippen LogP contribution in [0.1, 0.15) is 28.9 Å². The molecule has 0 saturated heterocycles. The number of para-hydroxylation sites is 1. The standard InChI is InChI=1S/C24H17F2NO4/c1-13(27-18-10-6-5-9-15(18)24(29)30)16-11-17(25)22(26)21-19(28)12-20(31-23(16)21)14-7-3-2-4-8-14/h2-13,27H,1H3,(H,29,30)/t13-/m1/s1. The van der Waals surface area contributed by atoms with Gasteiger partial charge in [-0.2, -0.15) is 0 Å². The first-order chi connectivity index (χ1) is 14.9. The Bertz CT molecular complexity index is 1350.